The molecule has 1 unspecified atom stereocenters. The van der Waals surface area contributed by atoms with Gasteiger partial charge in [0.1, 0.15) is 5.75 Å². The second-order valence-electron chi connectivity index (χ2n) is 4.22. The van der Waals surface area contributed by atoms with Gasteiger partial charge in [-0.3, -0.25) is 4.79 Å². The van der Waals surface area contributed by atoms with E-state index in [2.05, 4.69) is 13.8 Å². The van der Waals surface area contributed by atoms with Gasteiger partial charge in [-0.1, -0.05) is 26.0 Å². The minimum atomic E-state index is -0.837. The summed E-state index contributed by atoms with van der Waals surface area (Å²) < 4.78 is 5.24. The maximum absolute atomic E-state index is 10.9. The van der Waals surface area contributed by atoms with Crippen molar-refractivity contribution < 1.29 is 14.6 Å². The molecule has 1 atom stereocenters. The van der Waals surface area contributed by atoms with Crippen LogP contribution >= 0.6 is 0 Å². The predicted octanol–water partition coefficient (Wildman–Crippen LogP) is 3.01. The Kier molecular flexibility index (Phi) is 3.93. The summed E-state index contributed by atoms with van der Waals surface area (Å²) in [6, 6.07) is 5.72. The van der Waals surface area contributed by atoms with Crippen LogP contribution in [-0.2, 0) is 4.79 Å². The van der Waals surface area contributed by atoms with Crippen molar-refractivity contribution in [2.75, 3.05) is 7.11 Å². The summed E-state index contributed by atoms with van der Waals surface area (Å²) in [4.78, 5) is 10.9. The van der Waals surface area contributed by atoms with Crippen LogP contribution in [0.2, 0.25) is 0 Å². The van der Waals surface area contributed by atoms with Crippen molar-refractivity contribution in [2.45, 2.75) is 32.6 Å². The summed E-state index contributed by atoms with van der Waals surface area (Å²) in [7, 11) is 1.57. The van der Waals surface area contributed by atoms with Gasteiger partial charge in [0.15, 0.2) is 0 Å². The van der Waals surface area contributed by atoms with E-state index in [0.717, 1.165) is 11.1 Å². The molecule has 1 aromatic rings. The number of carboxylic acid groups (broad SMARTS) is 1. The zero-order chi connectivity index (χ0) is 12.3. The number of aliphatic carboxylic acids is 1. The lowest BCUT2D eigenvalue weighted by Gasteiger charge is -2.15. The normalized spacial score (nSPS) is 12.6. The Balaban J connectivity index is 3.16. The van der Waals surface area contributed by atoms with Gasteiger partial charge in [0.05, 0.1) is 13.0 Å². The van der Waals surface area contributed by atoms with Crippen molar-refractivity contribution in [1.82, 2.24) is 0 Å². The third-order valence-corrected chi connectivity index (χ3v) is 2.76. The van der Waals surface area contributed by atoms with Crippen LogP contribution in [-0.4, -0.2) is 18.2 Å². The fourth-order valence-corrected chi connectivity index (χ4v) is 1.58. The number of hydrogen-bond donors (Lipinski definition) is 1. The van der Waals surface area contributed by atoms with E-state index in [1.54, 1.807) is 14.0 Å². The molecule has 1 aromatic carbocycles. The van der Waals surface area contributed by atoms with Crippen molar-refractivity contribution in [1.29, 1.82) is 0 Å². The third-order valence-electron chi connectivity index (χ3n) is 2.76. The molecule has 3 nitrogen and oxygen atoms in total. The Morgan fingerprint density at radius 2 is 1.94 bits per heavy atom. The van der Waals surface area contributed by atoms with Crippen LogP contribution in [0.1, 0.15) is 43.7 Å². The van der Waals surface area contributed by atoms with E-state index in [0.29, 0.717) is 11.7 Å². The molecular formula is C13H18O3. The molecule has 1 N–H and O–H groups in total. The van der Waals surface area contributed by atoms with Gasteiger partial charge in [-0.15, -0.1) is 0 Å². The van der Waals surface area contributed by atoms with E-state index in [-0.39, 0.29) is 0 Å². The van der Waals surface area contributed by atoms with Crippen molar-refractivity contribution in [3.8, 4) is 5.75 Å². The number of benzene rings is 1. The molecule has 88 valence electrons. The number of rotatable bonds is 4. The minimum absolute atomic E-state index is 0.406. The maximum Gasteiger partial charge on any atom is 0.310 e. The molecule has 0 saturated carbocycles. The quantitative estimate of drug-likeness (QED) is 0.851. The molecule has 0 spiro atoms. The van der Waals surface area contributed by atoms with Crippen molar-refractivity contribution in [3.63, 3.8) is 0 Å². The number of carboxylic acids is 1. The van der Waals surface area contributed by atoms with E-state index >= 15 is 0 Å². The highest BCUT2D eigenvalue weighted by molar-refractivity contribution is 5.76. The van der Waals surface area contributed by atoms with Gasteiger partial charge in [0.25, 0.3) is 0 Å². The highest BCUT2D eigenvalue weighted by Gasteiger charge is 2.18. The Labute approximate surface area is 96.1 Å². The lowest BCUT2D eigenvalue weighted by molar-refractivity contribution is -0.138. The van der Waals surface area contributed by atoms with Crippen molar-refractivity contribution >= 4 is 5.97 Å². The molecule has 3 heteroatoms. The molecular weight excluding hydrogens is 204 g/mol. The van der Waals surface area contributed by atoms with Gasteiger partial charge in [0.2, 0.25) is 0 Å². The number of carbonyl (C=O) groups is 1. The first-order valence-corrected chi connectivity index (χ1v) is 5.38. The summed E-state index contributed by atoms with van der Waals surface area (Å²) in [5, 5.41) is 8.98. The molecule has 0 saturated heterocycles. The van der Waals surface area contributed by atoms with Crippen LogP contribution in [0.25, 0.3) is 0 Å². The molecule has 0 radical (unpaired) electrons. The fourth-order valence-electron chi connectivity index (χ4n) is 1.58. The zero-order valence-electron chi connectivity index (χ0n) is 10.2. The van der Waals surface area contributed by atoms with Gasteiger partial charge in [0, 0.05) is 5.56 Å². The first kappa shape index (κ1) is 12.6. The predicted molar refractivity (Wildman–Crippen MR) is 63.1 cm³/mol. The zero-order valence-corrected chi connectivity index (χ0v) is 10.2. The molecule has 0 aliphatic heterocycles. The van der Waals surface area contributed by atoms with E-state index in [1.165, 1.54) is 0 Å². The SMILES string of the molecule is COc1cc(C(C)C)ccc1C(C)C(=O)O. The highest BCUT2D eigenvalue weighted by Crippen LogP contribution is 2.30. The van der Waals surface area contributed by atoms with Gasteiger partial charge in [-0.05, 0) is 24.5 Å². The lowest BCUT2D eigenvalue weighted by Crippen LogP contribution is -2.09. The topological polar surface area (TPSA) is 46.5 Å². The standard InChI is InChI=1S/C13H18O3/c1-8(2)10-5-6-11(9(3)13(14)15)12(7-10)16-4/h5-9H,1-4H3,(H,14,15). The van der Waals surface area contributed by atoms with Crippen molar-refractivity contribution in [3.05, 3.63) is 29.3 Å². The average Bonchev–Trinajstić information content (AvgIpc) is 2.26. The molecule has 0 fully saturated rings. The summed E-state index contributed by atoms with van der Waals surface area (Å²) in [5.74, 6) is -0.323. The number of methoxy groups -OCH3 is 1. The average molecular weight is 222 g/mol. The first-order valence-electron chi connectivity index (χ1n) is 5.38. The van der Waals surface area contributed by atoms with Crippen LogP contribution in [0.15, 0.2) is 18.2 Å². The smallest absolute Gasteiger partial charge is 0.310 e. The summed E-state index contributed by atoms with van der Waals surface area (Å²) in [6.07, 6.45) is 0. The third kappa shape index (κ3) is 2.54. The molecule has 0 aromatic heterocycles. The van der Waals surface area contributed by atoms with Crippen LogP contribution in [0, 0.1) is 0 Å². The summed E-state index contributed by atoms with van der Waals surface area (Å²) in [5.41, 5.74) is 1.87. The maximum atomic E-state index is 10.9. The molecule has 16 heavy (non-hydrogen) atoms. The van der Waals surface area contributed by atoms with E-state index in [1.807, 2.05) is 18.2 Å². The number of ether oxygens (including phenoxy) is 1. The first-order chi connectivity index (χ1) is 7.47. The monoisotopic (exact) mass is 222 g/mol. The Bertz CT molecular complexity index is 383. The Hall–Kier alpha value is -1.51. The van der Waals surface area contributed by atoms with Gasteiger partial charge in [-0.25, -0.2) is 0 Å². The van der Waals surface area contributed by atoms with Crippen LogP contribution in [0.5, 0.6) is 5.75 Å². The molecule has 0 bridgehead atoms. The van der Waals surface area contributed by atoms with Gasteiger partial charge in [-0.2, -0.15) is 0 Å². The largest absolute Gasteiger partial charge is 0.496 e. The minimum Gasteiger partial charge on any atom is -0.496 e. The molecule has 0 amide bonds. The van der Waals surface area contributed by atoms with E-state index in [4.69, 9.17) is 9.84 Å². The molecule has 0 aliphatic rings. The van der Waals surface area contributed by atoms with Crippen LogP contribution < -0.4 is 4.74 Å². The van der Waals surface area contributed by atoms with Crippen molar-refractivity contribution in [2.24, 2.45) is 0 Å². The molecule has 0 aliphatic carbocycles. The van der Waals surface area contributed by atoms with Gasteiger partial charge < -0.3 is 9.84 Å². The van der Waals surface area contributed by atoms with Crippen LogP contribution in [0.3, 0.4) is 0 Å². The Morgan fingerprint density at radius 3 is 2.38 bits per heavy atom. The lowest BCUT2D eigenvalue weighted by atomic mass is 9.95. The second kappa shape index (κ2) is 5.01. The van der Waals surface area contributed by atoms with Crippen LogP contribution in [0.4, 0.5) is 0 Å². The fraction of sp³-hybridized carbons (Fsp3) is 0.462. The molecule has 1 rings (SSSR count). The molecule has 0 heterocycles. The summed E-state index contributed by atoms with van der Waals surface area (Å²) >= 11 is 0. The van der Waals surface area contributed by atoms with E-state index in [9.17, 15) is 4.79 Å². The Morgan fingerprint density at radius 1 is 1.31 bits per heavy atom. The van der Waals surface area contributed by atoms with Gasteiger partial charge >= 0.3 is 5.97 Å². The summed E-state index contributed by atoms with van der Waals surface area (Å²) in [6.45, 7) is 5.85. The second-order valence-corrected chi connectivity index (χ2v) is 4.22. The number of hydrogen-bond acceptors (Lipinski definition) is 2. The van der Waals surface area contributed by atoms with E-state index < -0.39 is 11.9 Å². The highest BCUT2D eigenvalue weighted by atomic mass is 16.5.